The summed E-state index contributed by atoms with van der Waals surface area (Å²) in [6.07, 6.45) is 0. The summed E-state index contributed by atoms with van der Waals surface area (Å²) in [6.45, 7) is 4.50. The van der Waals surface area contributed by atoms with Crippen molar-refractivity contribution >= 4 is 17.7 Å². The molecule has 1 atom stereocenters. The Morgan fingerprint density at radius 2 is 1.71 bits per heavy atom. The van der Waals surface area contributed by atoms with Crippen LogP contribution >= 0.6 is 11.8 Å². The van der Waals surface area contributed by atoms with Gasteiger partial charge in [-0.05, 0) is 44.2 Å². The highest BCUT2D eigenvalue weighted by atomic mass is 32.2. The Kier molecular flexibility index (Phi) is 8.05. The minimum absolute atomic E-state index is 0.101. The van der Waals surface area contributed by atoms with E-state index >= 15 is 0 Å². The van der Waals surface area contributed by atoms with Crippen molar-refractivity contribution in [1.82, 2.24) is 20.1 Å². The number of para-hydroxylation sites is 1. The zero-order chi connectivity index (χ0) is 24.6. The molecule has 1 heterocycles. The number of amides is 1. The lowest BCUT2D eigenvalue weighted by atomic mass is 10.1. The number of carbonyl (C=O) groups is 1. The molecule has 4 rings (SSSR count). The number of carbonyl (C=O) groups excluding carboxylic acids is 1. The van der Waals surface area contributed by atoms with Crippen molar-refractivity contribution in [3.63, 3.8) is 0 Å². The Morgan fingerprint density at radius 1 is 1.00 bits per heavy atom. The maximum Gasteiger partial charge on any atom is 0.230 e. The zero-order valence-corrected chi connectivity index (χ0v) is 20.8. The molecule has 0 aliphatic rings. The van der Waals surface area contributed by atoms with E-state index in [1.807, 2.05) is 97.3 Å². The van der Waals surface area contributed by atoms with Crippen LogP contribution in [0.3, 0.4) is 0 Å². The number of nitrogens with zero attached hydrogens (tertiary/aromatic N) is 3. The van der Waals surface area contributed by atoms with E-state index in [2.05, 4.69) is 15.5 Å². The highest BCUT2D eigenvalue weighted by molar-refractivity contribution is 7.99. The van der Waals surface area contributed by atoms with Crippen LogP contribution in [0.4, 0.5) is 0 Å². The first kappa shape index (κ1) is 24.3. The molecule has 4 aromatic rings. The van der Waals surface area contributed by atoms with Crippen LogP contribution in [-0.2, 0) is 4.79 Å². The molecule has 0 aliphatic carbocycles. The van der Waals surface area contributed by atoms with Gasteiger partial charge in [-0.15, -0.1) is 10.2 Å². The lowest BCUT2D eigenvalue weighted by Crippen LogP contribution is -2.28. The number of thioether (sulfide) groups is 1. The Balaban J connectivity index is 1.54. The van der Waals surface area contributed by atoms with Gasteiger partial charge >= 0.3 is 0 Å². The highest BCUT2D eigenvalue weighted by Gasteiger charge is 2.19. The van der Waals surface area contributed by atoms with Crippen LogP contribution in [0.2, 0.25) is 0 Å². The largest absolute Gasteiger partial charge is 0.496 e. The Morgan fingerprint density at radius 3 is 2.43 bits per heavy atom. The van der Waals surface area contributed by atoms with Crippen molar-refractivity contribution in [2.24, 2.45) is 0 Å². The number of benzene rings is 3. The third kappa shape index (κ3) is 5.84. The number of nitrogens with one attached hydrogen (secondary N) is 1. The summed E-state index contributed by atoms with van der Waals surface area (Å²) in [5.74, 6) is 2.35. The van der Waals surface area contributed by atoms with E-state index in [4.69, 9.17) is 9.47 Å². The number of hydrogen-bond donors (Lipinski definition) is 1. The second kappa shape index (κ2) is 11.6. The molecule has 0 bridgehead atoms. The predicted molar refractivity (Wildman–Crippen MR) is 138 cm³/mol. The lowest BCUT2D eigenvalue weighted by molar-refractivity contribution is -0.119. The molecular weight excluding hydrogens is 460 g/mol. The van der Waals surface area contributed by atoms with E-state index in [9.17, 15) is 4.79 Å². The van der Waals surface area contributed by atoms with Gasteiger partial charge in [0, 0.05) is 16.8 Å². The molecule has 1 unspecified atom stereocenters. The lowest BCUT2D eigenvalue weighted by Gasteiger charge is -2.17. The van der Waals surface area contributed by atoms with Gasteiger partial charge in [-0.1, -0.05) is 60.3 Å². The van der Waals surface area contributed by atoms with Crippen LogP contribution in [0, 0.1) is 0 Å². The van der Waals surface area contributed by atoms with Gasteiger partial charge in [0.2, 0.25) is 5.91 Å². The number of rotatable bonds is 10. The first-order valence-electron chi connectivity index (χ1n) is 11.4. The van der Waals surface area contributed by atoms with Gasteiger partial charge in [-0.3, -0.25) is 9.36 Å². The van der Waals surface area contributed by atoms with Gasteiger partial charge in [0.05, 0.1) is 25.5 Å². The molecule has 1 amide bonds. The Hall–Kier alpha value is -3.78. The average molecular weight is 489 g/mol. The fraction of sp³-hybridized carbons (Fsp3) is 0.222. The SMILES string of the molecule is CCOc1ccc(-n2c(SCC(=O)NC(C)c3ccccc3OC)nnc2-c2ccccc2)cc1. The summed E-state index contributed by atoms with van der Waals surface area (Å²) < 4.78 is 13.0. The van der Waals surface area contributed by atoms with E-state index in [1.165, 1.54) is 11.8 Å². The molecule has 0 fully saturated rings. The molecule has 35 heavy (non-hydrogen) atoms. The van der Waals surface area contributed by atoms with Crippen LogP contribution in [0.1, 0.15) is 25.5 Å². The Labute approximate surface area is 209 Å². The molecule has 180 valence electrons. The molecule has 8 heteroatoms. The molecule has 0 radical (unpaired) electrons. The van der Waals surface area contributed by atoms with Crippen LogP contribution in [0.5, 0.6) is 11.5 Å². The number of hydrogen-bond acceptors (Lipinski definition) is 6. The smallest absolute Gasteiger partial charge is 0.230 e. The number of ether oxygens (including phenoxy) is 2. The topological polar surface area (TPSA) is 78.3 Å². The first-order chi connectivity index (χ1) is 17.1. The van der Waals surface area contributed by atoms with Gasteiger partial charge in [0.25, 0.3) is 0 Å². The minimum atomic E-state index is -0.192. The summed E-state index contributed by atoms with van der Waals surface area (Å²) in [6, 6.07) is 25.1. The molecule has 7 nitrogen and oxygen atoms in total. The summed E-state index contributed by atoms with van der Waals surface area (Å²) >= 11 is 1.34. The van der Waals surface area contributed by atoms with Crippen LogP contribution < -0.4 is 14.8 Å². The fourth-order valence-electron chi connectivity index (χ4n) is 3.74. The summed E-state index contributed by atoms with van der Waals surface area (Å²) in [4.78, 5) is 12.8. The number of methoxy groups -OCH3 is 1. The van der Waals surface area contributed by atoms with Gasteiger partial charge < -0.3 is 14.8 Å². The summed E-state index contributed by atoms with van der Waals surface area (Å²) in [7, 11) is 1.63. The van der Waals surface area contributed by atoms with Crippen molar-refractivity contribution in [1.29, 1.82) is 0 Å². The zero-order valence-electron chi connectivity index (χ0n) is 20.0. The maximum atomic E-state index is 12.8. The van der Waals surface area contributed by atoms with Crippen LogP contribution in [-0.4, -0.2) is 40.1 Å². The predicted octanol–water partition coefficient (Wildman–Crippen LogP) is 5.31. The van der Waals surface area contributed by atoms with Crippen molar-refractivity contribution in [2.45, 2.75) is 25.0 Å². The van der Waals surface area contributed by atoms with Gasteiger partial charge in [-0.2, -0.15) is 0 Å². The normalized spacial score (nSPS) is 11.6. The third-order valence-corrected chi connectivity index (χ3v) is 6.32. The monoisotopic (exact) mass is 488 g/mol. The Bertz CT molecular complexity index is 1260. The van der Waals surface area contributed by atoms with Crippen molar-refractivity contribution < 1.29 is 14.3 Å². The van der Waals surface area contributed by atoms with Crippen molar-refractivity contribution in [2.75, 3.05) is 19.5 Å². The van der Waals surface area contributed by atoms with Gasteiger partial charge in [-0.25, -0.2) is 0 Å². The molecular formula is C27H28N4O3S. The summed E-state index contributed by atoms with van der Waals surface area (Å²) in [5.41, 5.74) is 2.76. The average Bonchev–Trinajstić information content (AvgIpc) is 3.32. The second-order valence-electron chi connectivity index (χ2n) is 7.75. The molecule has 1 aromatic heterocycles. The standard InChI is InChI=1S/C27H28N4O3S/c1-4-34-22-16-14-21(15-17-22)31-26(20-10-6-5-7-11-20)29-30-27(31)35-18-25(32)28-19(2)23-12-8-9-13-24(23)33-3/h5-17,19H,4,18H2,1-3H3,(H,28,32). The molecule has 0 aliphatic heterocycles. The van der Waals surface area contributed by atoms with E-state index in [0.717, 1.165) is 28.3 Å². The third-order valence-electron chi connectivity index (χ3n) is 5.39. The van der Waals surface area contributed by atoms with Crippen LogP contribution in [0.25, 0.3) is 17.1 Å². The van der Waals surface area contributed by atoms with Crippen LogP contribution in [0.15, 0.2) is 84.0 Å². The molecule has 3 aromatic carbocycles. The second-order valence-corrected chi connectivity index (χ2v) is 8.70. The quantitative estimate of drug-likeness (QED) is 0.305. The van der Waals surface area contributed by atoms with Gasteiger partial charge in [0.15, 0.2) is 11.0 Å². The maximum absolute atomic E-state index is 12.8. The minimum Gasteiger partial charge on any atom is -0.496 e. The molecule has 1 N–H and O–H groups in total. The molecule has 0 saturated carbocycles. The molecule has 0 saturated heterocycles. The number of aromatic nitrogens is 3. The van der Waals surface area contributed by atoms with Crippen molar-refractivity contribution in [3.05, 3.63) is 84.4 Å². The summed E-state index contributed by atoms with van der Waals surface area (Å²) in [5, 5.41) is 12.5. The highest BCUT2D eigenvalue weighted by Crippen LogP contribution is 2.29. The molecule has 0 spiro atoms. The van der Waals surface area contributed by atoms with E-state index in [-0.39, 0.29) is 17.7 Å². The fourth-order valence-corrected chi connectivity index (χ4v) is 4.51. The van der Waals surface area contributed by atoms with E-state index < -0.39 is 0 Å². The van der Waals surface area contributed by atoms with Crippen molar-refractivity contribution in [3.8, 4) is 28.6 Å². The van der Waals surface area contributed by atoms with Gasteiger partial charge in [0.1, 0.15) is 11.5 Å². The first-order valence-corrected chi connectivity index (χ1v) is 12.4. The van der Waals surface area contributed by atoms with E-state index in [1.54, 1.807) is 7.11 Å². The van der Waals surface area contributed by atoms with E-state index in [0.29, 0.717) is 17.6 Å².